The minimum Gasteiger partial charge on any atom is -0.346 e. The van der Waals surface area contributed by atoms with Crippen molar-refractivity contribution in [2.45, 2.75) is 25.8 Å². The van der Waals surface area contributed by atoms with Gasteiger partial charge in [0.1, 0.15) is 0 Å². The van der Waals surface area contributed by atoms with Crippen LogP contribution in [0.4, 0.5) is 11.4 Å². The van der Waals surface area contributed by atoms with E-state index in [1.54, 1.807) is 6.07 Å². The molecular formula is C23H26N4O2. The Morgan fingerprint density at radius 2 is 2.00 bits per heavy atom. The fraction of sp³-hybridized carbons (Fsp3) is 0.304. The maximum absolute atomic E-state index is 12.8. The molecule has 0 unspecified atom stereocenters. The number of rotatable bonds is 5. The first-order chi connectivity index (χ1) is 14.0. The van der Waals surface area contributed by atoms with Crippen LogP contribution in [0.3, 0.4) is 0 Å². The van der Waals surface area contributed by atoms with E-state index in [1.807, 2.05) is 30.3 Å². The summed E-state index contributed by atoms with van der Waals surface area (Å²) >= 11 is 0. The third kappa shape index (κ3) is 4.32. The Balaban J connectivity index is 1.53. The zero-order valence-corrected chi connectivity index (χ0v) is 16.9. The highest BCUT2D eigenvalue weighted by Crippen LogP contribution is 2.25. The second kappa shape index (κ2) is 8.09. The lowest BCUT2D eigenvalue weighted by atomic mass is 10.0. The average Bonchev–Trinajstić information content (AvgIpc) is 2.99. The van der Waals surface area contributed by atoms with Crippen LogP contribution >= 0.6 is 0 Å². The highest BCUT2D eigenvalue weighted by Gasteiger charge is 2.15. The van der Waals surface area contributed by atoms with Gasteiger partial charge in [-0.2, -0.15) is 0 Å². The summed E-state index contributed by atoms with van der Waals surface area (Å²) in [4.78, 5) is 26.7. The molecule has 2 amide bonds. The molecule has 0 bridgehead atoms. The smallest absolute Gasteiger partial charge is 0.255 e. The lowest BCUT2D eigenvalue weighted by Crippen LogP contribution is -2.18. The summed E-state index contributed by atoms with van der Waals surface area (Å²) < 4.78 is 2.20. The second-order valence-electron chi connectivity index (χ2n) is 7.81. The number of anilines is 2. The van der Waals surface area contributed by atoms with Crippen LogP contribution in [0, 0.1) is 0 Å². The summed E-state index contributed by atoms with van der Waals surface area (Å²) in [5.41, 5.74) is 4.30. The normalized spacial score (nSPS) is 13.8. The fourth-order valence-corrected chi connectivity index (χ4v) is 3.68. The minimum atomic E-state index is -0.144. The SMILES string of the molecule is CN(C)CCn1ccc2ccc(NC(=O)c3ccc4c(c3)CCCC(=O)N4)cc21. The van der Waals surface area contributed by atoms with Gasteiger partial charge in [0.05, 0.1) is 5.52 Å². The van der Waals surface area contributed by atoms with Gasteiger partial charge in [-0.25, -0.2) is 0 Å². The van der Waals surface area contributed by atoms with Gasteiger partial charge in [0.15, 0.2) is 0 Å². The Hall–Kier alpha value is -3.12. The summed E-state index contributed by atoms with van der Waals surface area (Å²) in [6.45, 7) is 1.84. The van der Waals surface area contributed by atoms with Gasteiger partial charge in [-0.05, 0) is 74.3 Å². The lowest BCUT2D eigenvalue weighted by molar-refractivity contribution is -0.116. The van der Waals surface area contributed by atoms with Gasteiger partial charge in [-0.3, -0.25) is 9.59 Å². The molecule has 2 aromatic carbocycles. The van der Waals surface area contributed by atoms with Crippen LogP contribution in [0.5, 0.6) is 0 Å². The van der Waals surface area contributed by atoms with Gasteiger partial charge in [0.25, 0.3) is 5.91 Å². The highest BCUT2D eigenvalue weighted by molar-refractivity contribution is 6.06. The monoisotopic (exact) mass is 390 g/mol. The Morgan fingerprint density at radius 1 is 1.14 bits per heavy atom. The van der Waals surface area contributed by atoms with Crippen molar-refractivity contribution in [3.63, 3.8) is 0 Å². The van der Waals surface area contributed by atoms with Crippen molar-refractivity contribution in [1.82, 2.24) is 9.47 Å². The van der Waals surface area contributed by atoms with E-state index in [0.29, 0.717) is 12.0 Å². The van der Waals surface area contributed by atoms with Crippen LogP contribution in [0.15, 0.2) is 48.7 Å². The highest BCUT2D eigenvalue weighted by atomic mass is 16.2. The van der Waals surface area contributed by atoms with Crippen molar-refractivity contribution < 1.29 is 9.59 Å². The Kier molecular flexibility index (Phi) is 5.36. The molecule has 1 aromatic heterocycles. The zero-order chi connectivity index (χ0) is 20.4. The van der Waals surface area contributed by atoms with Crippen molar-refractivity contribution in [2.24, 2.45) is 0 Å². The number of carbonyl (C=O) groups excluding carboxylic acids is 2. The number of amides is 2. The Labute approximate surface area is 170 Å². The molecule has 29 heavy (non-hydrogen) atoms. The van der Waals surface area contributed by atoms with E-state index in [-0.39, 0.29) is 11.8 Å². The molecule has 0 atom stereocenters. The average molecular weight is 390 g/mol. The number of nitrogens with zero attached hydrogens (tertiary/aromatic N) is 2. The van der Waals surface area contributed by atoms with E-state index in [2.05, 4.69) is 46.5 Å². The summed E-state index contributed by atoms with van der Waals surface area (Å²) in [6, 6.07) is 13.5. The molecule has 1 aliphatic rings. The number of aryl methyl sites for hydroxylation is 1. The number of likely N-dealkylation sites (N-methyl/N-ethyl adjacent to an activating group) is 1. The van der Waals surface area contributed by atoms with Crippen molar-refractivity contribution in [1.29, 1.82) is 0 Å². The number of fused-ring (bicyclic) bond motifs is 2. The first-order valence-corrected chi connectivity index (χ1v) is 9.97. The number of nitrogens with one attached hydrogen (secondary N) is 2. The van der Waals surface area contributed by atoms with E-state index in [1.165, 1.54) is 0 Å². The zero-order valence-electron chi connectivity index (χ0n) is 16.9. The lowest BCUT2D eigenvalue weighted by Gasteiger charge is -2.12. The molecule has 0 aliphatic carbocycles. The van der Waals surface area contributed by atoms with Crippen LogP contribution in [-0.4, -0.2) is 41.9 Å². The Bertz CT molecular complexity index is 1070. The fourth-order valence-electron chi connectivity index (χ4n) is 3.68. The standard InChI is InChI=1S/C23H26N4O2/c1-26(2)12-13-27-11-10-16-6-8-19(15-21(16)27)24-23(29)18-7-9-20-17(14-18)4-3-5-22(28)25-20/h6-11,14-15H,3-5,12-13H2,1-2H3,(H,24,29)(H,25,28). The molecule has 6 heteroatoms. The minimum absolute atomic E-state index is 0.0338. The van der Waals surface area contributed by atoms with Crippen molar-refractivity contribution in [3.05, 3.63) is 59.8 Å². The molecule has 2 N–H and O–H groups in total. The molecule has 1 aliphatic heterocycles. The van der Waals surface area contributed by atoms with E-state index in [9.17, 15) is 9.59 Å². The molecule has 150 valence electrons. The number of benzene rings is 2. The summed E-state index contributed by atoms with van der Waals surface area (Å²) in [5, 5.41) is 7.07. The number of hydrogen-bond acceptors (Lipinski definition) is 3. The van der Waals surface area contributed by atoms with Crippen molar-refractivity contribution in [3.8, 4) is 0 Å². The van der Waals surface area contributed by atoms with Crippen molar-refractivity contribution in [2.75, 3.05) is 31.3 Å². The maximum Gasteiger partial charge on any atom is 0.255 e. The summed E-state index contributed by atoms with van der Waals surface area (Å²) in [7, 11) is 4.12. The molecule has 2 heterocycles. The van der Waals surface area contributed by atoms with Crippen LogP contribution in [0.25, 0.3) is 10.9 Å². The van der Waals surface area contributed by atoms with E-state index in [4.69, 9.17) is 0 Å². The molecule has 4 rings (SSSR count). The van der Waals surface area contributed by atoms with E-state index >= 15 is 0 Å². The summed E-state index contributed by atoms with van der Waals surface area (Å²) in [6.07, 6.45) is 4.19. The second-order valence-corrected chi connectivity index (χ2v) is 7.81. The quantitative estimate of drug-likeness (QED) is 0.698. The van der Waals surface area contributed by atoms with E-state index in [0.717, 1.165) is 53.8 Å². The molecule has 6 nitrogen and oxygen atoms in total. The molecular weight excluding hydrogens is 364 g/mol. The number of carbonyl (C=O) groups is 2. The topological polar surface area (TPSA) is 66.4 Å². The van der Waals surface area contributed by atoms with Gasteiger partial charge < -0.3 is 20.1 Å². The molecule has 0 fully saturated rings. The third-order valence-corrected chi connectivity index (χ3v) is 5.31. The Morgan fingerprint density at radius 3 is 2.83 bits per heavy atom. The van der Waals surface area contributed by atoms with Gasteiger partial charge in [0, 0.05) is 42.6 Å². The number of hydrogen-bond donors (Lipinski definition) is 2. The summed E-state index contributed by atoms with van der Waals surface area (Å²) in [5.74, 6) is -0.111. The number of aromatic nitrogens is 1. The van der Waals surface area contributed by atoms with E-state index < -0.39 is 0 Å². The van der Waals surface area contributed by atoms with Crippen LogP contribution in [0.1, 0.15) is 28.8 Å². The predicted octanol–water partition coefficient (Wildman–Crippen LogP) is 3.73. The first-order valence-electron chi connectivity index (χ1n) is 9.97. The van der Waals surface area contributed by atoms with Crippen LogP contribution < -0.4 is 10.6 Å². The molecule has 0 radical (unpaired) electrons. The largest absolute Gasteiger partial charge is 0.346 e. The van der Waals surface area contributed by atoms with Crippen LogP contribution in [0.2, 0.25) is 0 Å². The molecule has 0 spiro atoms. The van der Waals surface area contributed by atoms with Gasteiger partial charge >= 0.3 is 0 Å². The molecule has 0 saturated heterocycles. The molecule has 3 aromatic rings. The van der Waals surface area contributed by atoms with Crippen molar-refractivity contribution >= 4 is 34.1 Å². The maximum atomic E-state index is 12.8. The van der Waals surface area contributed by atoms with Crippen LogP contribution in [-0.2, 0) is 17.8 Å². The van der Waals surface area contributed by atoms with Gasteiger partial charge in [-0.15, -0.1) is 0 Å². The molecule has 0 saturated carbocycles. The predicted molar refractivity (Wildman–Crippen MR) is 116 cm³/mol. The first kappa shape index (κ1) is 19.2. The third-order valence-electron chi connectivity index (χ3n) is 5.31. The van der Waals surface area contributed by atoms with Gasteiger partial charge in [-0.1, -0.05) is 6.07 Å². The van der Waals surface area contributed by atoms with Gasteiger partial charge in [0.2, 0.25) is 5.91 Å².